The number of benzene rings is 1. The van der Waals surface area contributed by atoms with Gasteiger partial charge in [-0.3, -0.25) is 14.9 Å². The minimum atomic E-state index is -1.10. The quantitative estimate of drug-likeness (QED) is 0.279. The van der Waals surface area contributed by atoms with Gasteiger partial charge in [0.05, 0.1) is 18.8 Å². The number of nitrogens with zero attached hydrogens (tertiary/aromatic N) is 3. The topological polar surface area (TPSA) is 91.3 Å². The molecule has 0 aliphatic carbocycles. The Balaban J connectivity index is 1.32. The van der Waals surface area contributed by atoms with E-state index in [4.69, 9.17) is 4.74 Å². The van der Waals surface area contributed by atoms with Gasteiger partial charge < -0.3 is 14.7 Å². The van der Waals surface area contributed by atoms with E-state index in [-0.39, 0.29) is 12.3 Å². The molecule has 1 aromatic carbocycles. The standard InChI is InChI=1S/C29H39FN4O3/c1-20-22(18-32-33-20)5-3-4-15-34-16-13-21(23(19-34)7-11-29(35)36)6-9-27(30)25-12-14-31-28-10-8-24(37-2)17-26(25)28/h8,10,12,14,17-18,21,23,27H,3-7,9,11,13,15-16,19H2,1-2H3,(H,32,33)(H,35,36)/t21?,23?,27-/m0/s1. The Bertz CT molecular complexity index is 1170. The maximum atomic E-state index is 15.5. The summed E-state index contributed by atoms with van der Waals surface area (Å²) < 4.78 is 20.9. The van der Waals surface area contributed by atoms with Crippen LogP contribution in [0.3, 0.4) is 0 Å². The van der Waals surface area contributed by atoms with Gasteiger partial charge in [-0.25, -0.2) is 4.39 Å². The number of likely N-dealkylation sites (tertiary alicyclic amines) is 1. The number of aryl methyl sites for hydroxylation is 2. The SMILES string of the molecule is COc1ccc2nccc([C@@H](F)CCC3CCN(CCCCc4cn[nH]c4C)CC3CCC(=O)O)c2c1. The van der Waals surface area contributed by atoms with Crippen LogP contribution in [0, 0.1) is 18.8 Å². The molecule has 37 heavy (non-hydrogen) atoms. The summed E-state index contributed by atoms with van der Waals surface area (Å²) in [6.45, 7) is 4.96. The van der Waals surface area contributed by atoms with Gasteiger partial charge in [0, 0.05) is 30.2 Å². The number of nitrogens with one attached hydrogen (secondary N) is 1. The van der Waals surface area contributed by atoms with Crippen LogP contribution in [0.5, 0.6) is 5.75 Å². The second kappa shape index (κ2) is 13.0. The van der Waals surface area contributed by atoms with E-state index >= 15 is 4.39 Å². The molecule has 1 saturated heterocycles. The molecule has 2 N–H and O–H groups in total. The van der Waals surface area contributed by atoms with E-state index in [1.54, 1.807) is 19.4 Å². The maximum Gasteiger partial charge on any atom is 0.303 e. The Morgan fingerprint density at radius 2 is 2.14 bits per heavy atom. The van der Waals surface area contributed by atoms with Crippen molar-refractivity contribution in [2.75, 3.05) is 26.7 Å². The highest BCUT2D eigenvalue weighted by molar-refractivity contribution is 5.83. The van der Waals surface area contributed by atoms with Crippen LogP contribution >= 0.6 is 0 Å². The van der Waals surface area contributed by atoms with Crippen molar-refractivity contribution in [3.63, 3.8) is 0 Å². The Labute approximate surface area is 218 Å². The second-order valence-electron chi connectivity index (χ2n) is 10.3. The van der Waals surface area contributed by atoms with Crippen molar-refractivity contribution >= 4 is 16.9 Å². The molecule has 3 aromatic rings. The number of H-pyrrole nitrogens is 1. The molecule has 0 radical (unpaired) electrons. The maximum absolute atomic E-state index is 15.5. The Morgan fingerprint density at radius 3 is 2.89 bits per heavy atom. The summed E-state index contributed by atoms with van der Waals surface area (Å²) in [5, 5.41) is 17.2. The second-order valence-corrected chi connectivity index (χ2v) is 10.3. The first-order valence-electron chi connectivity index (χ1n) is 13.4. The largest absolute Gasteiger partial charge is 0.497 e. The van der Waals surface area contributed by atoms with Crippen LogP contribution in [0.1, 0.15) is 67.9 Å². The molecule has 0 bridgehead atoms. The number of alkyl halides is 1. The number of aliphatic carboxylic acids is 1. The lowest BCUT2D eigenvalue weighted by atomic mass is 9.79. The average molecular weight is 511 g/mol. The van der Waals surface area contributed by atoms with Gasteiger partial charge in [0.25, 0.3) is 0 Å². The van der Waals surface area contributed by atoms with Gasteiger partial charge in [-0.2, -0.15) is 5.10 Å². The lowest BCUT2D eigenvalue weighted by molar-refractivity contribution is -0.137. The number of methoxy groups -OCH3 is 1. The molecule has 7 nitrogen and oxygen atoms in total. The van der Waals surface area contributed by atoms with Crippen molar-refractivity contribution < 1.29 is 19.0 Å². The fourth-order valence-electron chi connectivity index (χ4n) is 5.72. The number of ether oxygens (including phenoxy) is 1. The highest BCUT2D eigenvalue weighted by atomic mass is 19.1. The molecule has 0 spiro atoms. The molecule has 2 unspecified atom stereocenters. The number of unbranched alkanes of at least 4 members (excludes halogenated alkanes) is 1. The fourth-order valence-corrected chi connectivity index (χ4v) is 5.72. The summed E-state index contributed by atoms with van der Waals surface area (Å²) in [4.78, 5) is 18.2. The number of carbonyl (C=O) groups is 1. The van der Waals surface area contributed by atoms with Crippen molar-refractivity contribution in [3.05, 3.63) is 53.5 Å². The number of aromatic amines is 1. The molecule has 0 amide bonds. The van der Waals surface area contributed by atoms with Gasteiger partial charge in [0.15, 0.2) is 0 Å². The summed E-state index contributed by atoms with van der Waals surface area (Å²) in [5.74, 6) is 0.550. The molecule has 8 heteroatoms. The predicted octanol–water partition coefficient (Wildman–Crippen LogP) is 5.89. The van der Waals surface area contributed by atoms with Crippen molar-refractivity contribution in [1.29, 1.82) is 0 Å². The van der Waals surface area contributed by atoms with E-state index in [9.17, 15) is 9.90 Å². The number of carboxylic acids is 1. The third-order valence-corrected chi connectivity index (χ3v) is 7.92. The molecule has 3 heterocycles. The highest BCUT2D eigenvalue weighted by Gasteiger charge is 2.30. The van der Waals surface area contributed by atoms with Crippen LogP contribution in [0.4, 0.5) is 4.39 Å². The van der Waals surface area contributed by atoms with Gasteiger partial charge >= 0.3 is 5.97 Å². The van der Waals surface area contributed by atoms with Crippen LogP contribution in [-0.4, -0.2) is 57.9 Å². The molecule has 200 valence electrons. The summed E-state index contributed by atoms with van der Waals surface area (Å²) in [6, 6.07) is 7.32. The molecule has 1 fully saturated rings. The van der Waals surface area contributed by atoms with Crippen molar-refractivity contribution in [3.8, 4) is 5.75 Å². The number of fused-ring (bicyclic) bond motifs is 1. The summed E-state index contributed by atoms with van der Waals surface area (Å²) in [7, 11) is 1.61. The van der Waals surface area contributed by atoms with Gasteiger partial charge in [-0.1, -0.05) is 0 Å². The third-order valence-electron chi connectivity index (χ3n) is 7.92. The zero-order valence-electron chi connectivity index (χ0n) is 22.0. The molecular formula is C29H39FN4O3. The van der Waals surface area contributed by atoms with Crippen molar-refractivity contribution in [2.45, 2.75) is 64.5 Å². The number of aromatic nitrogens is 3. The first-order valence-corrected chi connectivity index (χ1v) is 13.4. The van der Waals surface area contributed by atoms with E-state index in [0.29, 0.717) is 30.1 Å². The third kappa shape index (κ3) is 7.28. The number of hydrogen-bond donors (Lipinski definition) is 2. The van der Waals surface area contributed by atoms with Crippen molar-refractivity contribution in [2.24, 2.45) is 11.8 Å². The number of carboxylic acid groups (broad SMARTS) is 1. The minimum absolute atomic E-state index is 0.169. The Kier molecular flexibility index (Phi) is 9.50. The van der Waals surface area contributed by atoms with E-state index in [1.165, 1.54) is 5.56 Å². The lowest BCUT2D eigenvalue weighted by Crippen LogP contribution is -2.41. The van der Waals surface area contributed by atoms with E-state index in [2.05, 4.69) is 27.0 Å². The highest BCUT2D eigenvalue weighted by Crippen LogP contribution is 2.36. The summed E-state index contributed by atoms with van der Waals surface area (Å²) >= 11 is 0. The van der Waals surface area contributed by atoms with Crippen LogP contribution < -0.4 is 4.74 Å². The molecule has 0 saturated carbocycles. The molecule has 1 aliphatic rings. The normalized spacial score (nSPS) is 19.2. The monoisotopic (exact) mass is 510 g/mol. The Morgan fingerprint density at radius 1 is 1.27 bits per heavy atom. The molecule has 2 aromatic heterocycles. The first kappa shape index (κ1) is 27.0. The average Bonchev–Trinajstić information content (AvgIpc) is 3.32. The van der Waals surface area contributed by atoms with Gasteiger partial charge in [0.1, 0.15) is 11.9 Å². The van der Waals surface area contributed by atoms with Crippen molar-refractivity contribution in [1.82, 2.24) is 20.1 Å². The lowest BCUT2D eigenvalue weighted by Gasteiger charge is -2.39. The van der Waals surface area contributed by atoms with Gasteiger partial charge in [-0.05, 0) is 112 Å². The molecular weight excluding hydrogens is 471 g/mol. The molecule has 3 atom stereocenters. The minimum Gasteiger partial charge on any atom is -0.497 e. The van der Waals surface area contributed by atoms with Gasteiger partial charge in [-0.15, -0.1) is 0 Å². The molecule has 1 aliphatic heterocycles. The number of halogens is 1. The van der Waals surface area contributed by atoms with Crippen LogP contribution in [0.2, 0.25) is 0 Å². The van der Waals surface area contributed by atoms with E-state index in [0.717, 1.165) is 68.3 Å². The molecule has 4 rings (SSSR count). The van der Waals surface area contributed by atoms with E-state index in [1.807, 2.05) is 24.4 Å². The first-order chi connectivity index (χ1) is 17.9. The number of piperidine rings is 1. The van der Waals surface area contributed by atoms with Crippen LogP contribution in [0.15, 0.2) is 36.7 Å². The summed E-state index contributed by atoms with van der Waals surface area (Å²) in [6.07, 6.45) is 8.70. The number of rotatable bonds is 13. The van der Waals surface area contributed by atoms with Gasteiger partial charge in [0.2, 0.25) is 0 Å². The van der Waals surface area contributed by atoms with E-state index < -0.39 is 12.1 Å². The smallest absolute Gasteiger partial charge is 0.303 e. The van der Waals surface area contributed by atoms with Crippen LogP contribution in [0.25, 0.3) is 10.9 Å². The zero-order valence-corrected chi connectivity index (χ0v) is 22.0. The Hall–Kier alpha value is -3.00. The zero-order chi connectivity index (χ0) is 26.2. The van der Waals surface area contributed by atoms with Crippen LogP contribution in [-0.2, 0) is 11.2 Å². The fraction of sp³-hybridized carbons (Fsp3) is 0.552. The summed E-state index contributed by atoms with van der Waals surface area (Å²) in [5.41, 5.74) is 3.83. The number of pyridine rings is 1. The number of hydrogen-bond acceptors (Lipinski definition) is 5. The predicted molar refractivity (Wildman–Crippen MR) is 143 cm³/mol.